The zero-order valence-corrected chi connectivity index (χ0v) is 10.7. The molecule has 0 unspecified atom stereocenters. The van der Waals surface area contributed by atoms with Crippen LogP contribution in [0.4, 0.5) is 0 Å². The highest BCUT2D eigenvalue weighted by molar-refractivity contribution is 9.09. The first-order chi connectivity index (χ1) is 7.24. The molecular formula is C13H17BrO. The average molecular weight is 269 g/mol. The van der Waals surface area contributed by atoms with E-state index in [9.17, 15) is 4.79 Å². The number of Topliss-reactive ketones (excluding diaryl/α,β-unsaturated/α-hetero) is 1. The maximum absolute atomic E-state index is 11.1. The summed E-state index contributed by atoms with van der Waals surface area (Å²) in [6, 6.07) is 7.96. The van der Waals surface area contributed by atoms with Crippen LogP contribution in [-0.4, -0.2) is 11.1 Å². The van der Waals surface area contributed by atoms with Crippen LogP contribution in [0.3, 0.4) is 0 Å². The fraction of sp³-hybridized carbons (Fsp3) is 0.462. The molecule has 0 radical (unpaired) electrons. The van der Waals surface area contributed by atoms with Crippen LogP contribution in [0.15, 0.2) is 24.3 Å². The molecule has 82 valence electrons. The second kappa shape index (κ2) is 6.78. The SMILES string of the molecule is CC(=O)c1ccc(CCCCCBr)cc1. The number of carbonyl (C=O) groups is 1. The minimum absolute atomic E-state index is 0.140. The summed E-state index contributed by atoms with van der Waals surface area (Å²) in [5.41, 5.74) is 2.13. The van der Waals surface area contributed by atoms with Gasteiger partial charge in [0.05, 0.1) is 0 Å². The zero-order chi connectivity index (χ0) is 11.1. The van der Waals surface area contributed by atoms with E-state index in [0.717, 1.165) is 17.3 Å². The van der Waals surface area contributed by atoms with E-state index in [4.69, 9.17) is 0 Å². The molecule has 0 fully saturated rings. The quantitative estimate of drug-likeness (QED) is 0.433. The van der Waals surface area contributed by atoms with Crippen molar-refractivity contribution in [2.75, 3.05) is 5.33 Å². The molecule has 0 heterocycles. The molecule has 1 rings (SSSR count). The van der Waals surface area contributed by atoms with Gasteiger partial charge in [-0.3, -0.25) is 4.79 Å². The van der Waals surface area contributed by atoms with Crippen LogP contribution < -0.4 is 0 Å². The third kappa shape index (κ3) is 4.61. The van der Waals surface area contributed by atoms with Crippen molar-refractivity contribution in [2.45, 2.75) is 32.6 Å². The fourth-order valence-electron chi connectivity index (χ4n) is 1.51. The summed E-state index contributed by atoms with van der Waals surface area (Å²) in [7, 11) is 0. The lowest BCUT2D eigenvalue weighted by atomic mass is 10.0. The van der Waals surface area contributed by atoms with E-state index in [1.165, 1.54) is 24.8 Å². The second-order valence-electron chi connectivity index (χ2n) is 3.75. The molecule has 0 atom stereocenters. The van der Waals surface area contributed by atoms with Gasteiger partial charge in [0, 0.05) is 10.9 Å². The Balaban J connectivity index is 2.39. The number of halogens is 1. The third-order valence-electron chi connectivity index (χ3n) is 2.46. The highest BCUT2D eigenvalue weighted by Crippen LogP contribution is 2.09. The van der Waals surface area contributed by atoms with E-state index in [0.29, 0.717) is 0 Å². The molecule has 1 aromatic carbocycles. The highest BCUT2D eigenvalue weighted by Gasteiger charge is 1.98. The van der Waals surface area contributed by atoms with E-state index in [-0.39, 0.29) is 5.78 Å². The fourth-order valence-corrected chi connectivity index (χ4v) is 1.90. The smallest absolute Gasteiger partial charge is 0.159 e. The van der Waals surface area contributed by atoms with Gasteiger partial charge in [-0.15, -0.1) is 0 Å². The second-order valence-corrected chi connectivity index (χ2v) is 4.55. The largest absolute Gasteiger partial charge is 0.295 e. The predicted molar refractivity (Wildman–Crippen MR) is 67.8 cm³/mol. The molecule has 0 amide bonds. The van der Waals surface area contributed by atoms with E-state index < -0.39 is 0 Å². The molecule has 0 saturated carbocycles. The molecule has 0 spiro atoms. The third-order valence-corrected chi connectivity index (χ3v) is 3.02. The monoisotopic (exact) mass is 268 g/mol. The molecule has 0 aliphatic rings. The molecule has 0 aromatic heterocycles. The Labute approximate surface area is 100 Å². The van der Waals surface area contributed by atoms with Crippen LogP contribution in [-0.2, 0) is 6.42 Å². The lowest BCUT2D eigenvalue weighted by Crippen LogP contribution is -1.92. The summed E-state index contributed by atoms with van der Waals surface area (Å²) in [6.07, 6.45) is 4.85. The summed E-state index contributed by atoms with van der Waals surface area (Å²) in [4.78, 5) is 11.1. The van der Waals surface area contributed by atoms with Crippen LogP contribution >= 0.6 is 15.9 Å². The number of unbranched alkanes of at least 4 members (excludes halogenated alkanes) is 2. The first-order valence-electron chi connectivity index (χ1n) is 5.40. The van der Waals surface area contributed by atoms with Gasteiger partial charge in [-0.25, -0.2) is 0 Å². The van der Waals surface area contributed by atoms with Gasteiger partial charge >= 0.3 is 0 Å². The molecule has 1 aromatic rings. The summed E-state index contributed by atoms with van der Waals surface area (Å²) < 4.78 is 0. The normalized spacial score (nSPS) is 10.3. The molecule has 1 nitrogen and oxygen atoms in total. The van der Waals surface area contributed by atoms with E-state index in [2.05, 4.69) is 28.1 Å². The molecule has 15 heavy (non-hydrogen) atoms. The maximum Gasteiger partial charge on any atom is 0.159 e. The summed E-state index contributed by atoms with van der Waals surface area (Å²) in [6.45, 7) is 1.60. The Morgan fingerprint density at radius 2 is 1.80 bits per heavy atom. The van der Waals surface area contributed by atoms with Gasteiger partial charge in [0.1, 0.15) is 0 Å². The highest BCUT2D eigenvalue weighted by atomic mass is 79.9. The number of hydrogen-bond acceptors (Lipinski definition) is 1. The van der Waals surface area contributed by atoms with E-state index >= 15 is 0 Å². The maximum atomic E-state index is 11.1. The van der Waals surface area contributed by atoms with Crippen molar-refractivity contribution in [1.29, 1.82) is 0 Å². The van der Waals surface area contributed by atoms with Crippen LogP contribution in [0, 0.1) is 0 Å². The van der Waals surface area contributed by atoms with Crippen molar-refractivity contribution in [3.8, 4) is 0 Å². The first-order valence-corrected chi connectivity index (χ1v) is 6.52. The summed E-state index contributed by atoms with van der Waals surface area (Å²) >= 11 is 3.42. The van der Waals surface area contributed by atoms with Gasteiger partial charge in [-0.05, 0) is 31.7 Å². The zero-order valence-electron chi connectivity index (χ0n) is 9.13. The van der Waals surface area contributed by atoms with Crippen LogP contribution in [0.25, 0.3) is 0 Å². The topological polar surface area (TPSA) is 17.1 Å². The molecule has 0 aliphatic heterocycles. The Morgan fingerprint density at radius 3 is 2.33 bits per heavy atom. The van der Waals surface area contributed by atoms with Crippen LogP contribution in [0.5, 0.6) is 0 Å². The van der Waals surface area contributed by atoms with Gasteiger partial charge in [-0.2, -0.15) is 0 Å². The number of aryl methyl sites for hydroxylation is 1. The minimum atomic E-state index is 0.140. The Hall–Kier alpha value is -0.630. The number of carbonyl (C=O) groups excluding carboxylic acids is 1. The first kappa shape index (κ1) is 12.4. The molecule has 0 bridgehead atoms. The number of hydrogen-bond donors (Lipinski definition) is 0. The lowest BCUT2D eigenvalue weighted by Gasteiger charge is -2.01. The lowest BCUT2D eigenvalue weighted by molar-refractivity contribution is 0.101. The van der Waals surface area contributed by atoms with Crippen LogP contribution in [0.1, 0.15) is 42.1 Å². The van der Waals surface area contributed by atoms with E-state index in [1.807, 2.05) is 12.1 Å². The van der Waals surface area contributed by atoms with Crippen molar-refractivity contribution in [3.63, 3.8) is 0 Å². The van der Waals surface area contributed by atoms with Crippen molar-refractivity contribution < 1.29 is 4.79 Å². The van der Waals surface area contributed by atoms with Crippen molar-refractivity contribution in [1.82, 2.24) is 0 Å². The molecule has 0 saturated heterocycles. The Morgan fingerprint density at radius 1 is 1.13 bits per heavy atom. The number of rotatable bonds is 6. The molecular weight excluding hydrogens is 252 g/mol. The standard InChI is InChI=1S/C13H17BrO/c1-11(15)13-8-6-12(7-9-13)5-3-2-4-10-14/h6-9H,2-5,10H2,1H3. The van der Waals surface area contributed by atoms with Gasteiger partial charge in [-0.1, -0.05) is 46.6 Å². The number of ketones is 1. The summed E-state index contributed by atoms with van der Waals surface area (Å²) in [5.74, 6) is 0.140. The number of benzene rings is 1. The van der Waals surface area contributed by atoms with Gasteiger partial charge in [0.25, 0.3) is 0 Å². The molecule has 2 heteroatoms. The predicted octanol–water partition coefficient (Wildman–Crippen LogP) is 4.00. The van der Waals surface area contributed by atoms with Gasteiger partial charge in [0.15, 0.2) is 5.78 Å². The van der Waals surface area contributed by atoms with E-state index in [1.54, 1.807) is 6.92 Å². The van der Waals surface area contributed by atoms with Gasteiger partial charge < -0.3 is 0 Å². The number of alkyl halides is 1. The van der Waals surface area contributed by atoms with Crippen molar-refractivity contribution >= 4 is 21.7 Å². The van der Waals surface area contributed by atoms with Crippen molar-refractivity contribution in [3.05, 3.63) is 35.4 Å². The van der Waals surface area contributed by atoms with Gasteiger partial charge in [0.2, 0.25) is 0 Å². The Kier molecular flexibility index (Phi) is 5.62. The molecule has 0 aliphatic carbocycles. The van der Waals surface area contributed by atoms with Crippen molar-refractivity contribution in [2.24, 2.45) is 0 Å². The average Bonchev–Trinajstić information content (AvgIpc) is 2.25. The molecule has 0 N–H and O–H groups in total. The minimum Gasteiger partial charge on any atom is -0.295 e. The van der Waals surface area contributed by atoms with Crippen LogP contribution in [0.2, 0.25) is 0 Å². The summed E-state index contributed by atoms with van der Waals surface area (Å²) in [5, 5.41) is 1.09. The Bertz CT molecular complexity index is 303.